The van der Waals surface area contributed by atoms with Gasteiger partial charge in [0.25, 0.3) is 0 Å². The molecule has 2 rings (SSSR count). The molecular formula is C13H15ClFN5. The zero-order valence-electron chi connectivity index (χ0n) is 10.7. The van der Waals surface area contributed by atoms with E-state index < -0.39 is 0 Å². The van der Waals surface area contributed by atoms with Crippen molar-refractivity contribution in [3.8, 4) is 0 Å². The summed E-state index contributed by atoms with van der Waals surface area (Å²) in [6.45, 7) is 0.419. The number of nitrogens with zero attached hydrogens (tertiary/aromatic N) is 2. The van der Waals surface area contributed by atoms with Crippen molar-refractivity contribution in [1.29, 1.82) is 0 Å². The van der Waals surface area contributed by atoms with Gasteiger partial charge in [-0.2, -0.15) is 4.99 Å². The van der Waals surface area contributed by atoms with E-state index >= 15 is 0 Å². The summed E-state index contributed by atoms with van der Waals surface area (Å²) in [4.78, 5) is 7.64. The number of fused-ring (bicyclic) bond motifs is 1. The summed E-state index contributed by atoms with van der Waals surface area (Å²) < 4.78 is 13.7. The number of hydrogen-bond donors (Lipinski definition) is 3. The van der Waals surface area contributed by atoms with Crippen molar-refractivity contribution < 1.29 is 4.39 Å². The van der Waals surface area contributed by atoms with Crippen LogP contribution >= 0.6 is 11.6 Å². The Morgan fingerprint density at radius 1 is 1.30 bits per heavy atom. The normalized spacial score (nSPS) is 13.9. The van der Waals surface area contributed by atoms with E-state index in [4.69, 9.17) is 28.8 Å². The van der Waals surface area contributed by atoms with Crippen molar-refractivity contribution >= 4 is 29.1 Å². The highest BCUT2D eigenvalue weighted by molar-refractivity contribution is 6.30. The van der Waals surface area contributed by atoms with Gasteiger partial charge in [0.2, 0.25) is 5.96 Å². The molecule has 0 heterocycles. The standard InChI is InChI=1S/C13H15ClFN5/c14-8-5-10-7(1-2-9(10)11(15)6-8)3-4-19-13(18)20-12(16)17/h1,5-6H,2-4H2,(H6,16,17,18,19,20). The van der Waals surface area contributed by atoms with Crippen LogP contribution in [0.4, 0.5) is 4.39 Å². The van der Waals surface area contributed by atoms with Crippen LogP contribution in [0.15, 0.2) is 28.2 Å². The second-order valence-electron chi connectivity index (χ2n) is 4.37. The van der Waals surface area contributed by atoms with Gasteiger partial charge in [-0.15, -0.1) is 0 Å². The maximum absolute atomic E-state index is 13.7. The molecule has 0 amide bonds. The van der Waals surface area contributed by atoms with Crippen LogP contribution in [0.2, 0.25) is 5.02 Å². The molecule has 6 N–H and O–H groups in total. The molecule has 0 unspecified atom stereocenters. The van der Waals surface area contributed by atoms with Crippen LogP contribution in [-0.2, 0) is 6.42 Å². The van der Waals surface area contributed by atoms with Crippen molar-refractivity contribution in [3.05, 3.63) is 40.2 Å². The Labute approximate surface area is 121 Å². The van der Waals surface area contributed by atoms with E-state index in [0.717, 1.165) is 11.1 Å². The quantitative estimate of drug-likeness (QED) is 0.580. The van der Waals surface area contributed by atoms with Gasteiger partial charge in [-0.1, -0.05) is 17.7 Å². The average Bonchev–Trinajstić information content (AvgIpc) is 2.71. The third-order valence-electron chi connectivity index (χ3n) is 2.96. The van der Waals surface area contributed by atoms with Crippen molar-refractivity contribution in [2.45, 2.75) is 12.8 Å². The molecule has 1 aromatic carbocycles. The molecule has 0 radical (unpaired) electrons. The van der Waals surface area contributed by atoms with Crippen molar-refractivity contribution in [2.75, 3.05) is 6.54 Å². The number of hydrogen-bond acceptors (Lipinski definition) is 1. The number of nitrogens with two attached hydrogens (primary N) is 3. The summed E-state index contributed by atoms with van der Waals surface area (Å²) in [6, 6.07) is 3.09. The highest BCUT2D eigenvalue weighted by Gasteiger charge is 2.18. The summed E-state index contributed by atoms with van der Waals surface area (Å²) >= 11 is 5.88. The third-order valence-corrected chi connectivity index (χ3v) is 3.18. The minimum absolute atomic E-state index is 0.0288. The third kappa shape index (κ3) is 3.27. The first-order chi connectivity index (χ1) is 9.47. The number of allylic oxidation sites excluding steroid dienone is 1. The highest BCUT2D eigenvalue weighted by Crippen LogP contribution is 2.33. The fourth-order valence-corrected chi connectivity index (χ4v) is 2.33. The first-order valence-electron chi connectivity index (χ1n) is 6.04. The molecule has 0 saturated heterocycles. The van der Waals surface area contributed by atoms with Crippen molar-refractivity contribution in [3.63, 3.8) is 0 Å². The molecule has 0 aromatic heterocycles. The van der Waals surface area contributed by atoms with Crippen LogP contribution in [0.3, 0.4) is 0 Å². The topological polar surface area (TPSA) is 103 Å². The fraction of sp³-hybridized carbons (Fsp3) is 0.231. The van der Waals surface area contributed by atoms with Crippen molar-refractivity contribution in [2.24, 2.45) is 27.2 Å². The Balaban J connectivity index is 2.07. The lowest BCUT2D eigenvalue weighted by Crippen LogP contribution is -2.26. The van der Waals surface area contributed by atoms with Crippen LogP contribution < -0.4 is 17.2 Å². The Kier molecular flexibility index (Phi) is 4.24. The molecule has 0 saturated carbocycles. The molecule has 0 fully saturated rings. The lowest BCUT2D eigenvalue weighted by atomic mass is 10.0. The van der Waals surface area contributed by atoms with Crippen LogP contribution in [0.5, 0.6) is 0 Å². The summed E-state index contributed by atoms with van der Waals surface area (Å²) in [5.74, 6) is -0.381. The molecule has 0 atom stereocenters. The molecule has 106 valence electrons. The van der Waals surface area contributed by atoms with Crippen LogP contribution in [0, 0.1) is 5.82 Å². The second kappa shape index (κ2) is 5.92. The Morgan fingerprint density at radius 3 is 2.75 bits per heavy atom. The summed E-state index contributed by atoms with van der Waals surface area (Å²) in [5.41, 5.74) is 18.4. The summed E-state index contributed by atoms with van der Waals surface area (Å²) in [5, 5.41) is 0.387. The second-order valence-corrected chi connectivity index (χ2v) is 4.81. The highest BCUT2D eigenvalue weighted by atomic mass is 35.5. The average molecular weight is 296 g/mol. The smallest absolute Gasteiger partial charge is 0.218 e. The molecule has 0 aliphatic heterocycles. The van der Waals surface area contributed by atoms with Crippen LogP contribution in [0.1, 0.15) is 17.5 Å². The van der Waals surface area contributed by atoms with E-state index in [9.17, 15) is 4.39 Å². The minimum Gasteiger partial charge on any atom is -0.370 e. The predicted molar refractivity (Wildman–Crippen MR) is 80.0 cm³/mol. The van der Waals surface area contributed by atoms with Gasteiger partial charge in [-0.3, -0.25) is 4.99 Å². The molecule has 0 spiro atoms. The zero-order chi connectivity index (χ0) is 14.7. The number of benzene rings is 1. The Bertz CT molecular complexity index is 617. The van der Waals surface area contributed by atoms with E-state index in [1.807, 2.05) is 6.08 Å². The fourth-order valence-electron chi connectivity index (χ4n) is 2.13. The Morgan fingerprint density at radius 2 is 2.05 bits per heavy atom. The van der Waals surface area contributed by atoms with E-state index in [1.165, 1.54) is 6.07 Å². The summed E-state index contributed by atoms with van der Waals surface area (Å²) in [6.07, 6.45) is 3.16. The molecule has 1 aliphatic rings. The maximum atomic E-state index is 13.7. The number of aliphatic imine (C=N–C) groups is 2. The van der Waals surface area contributed by atoms with Gasteiger partial charge in [-0.05, 0) is 41.7 Å². The van der Waals surface area contributed by atoms with Crippen molar-refractivity contribution in [1.82, 2.24) is 0 Å². The monoisotopic (exact) mass is 295 g/mol. The lowest BCUT2D eigenvalue weighted by Gasteiger charge is -2.06. The molecule has 1 aromatic rings. The number of rotatable bonds is 3. The molecule has 0 bridgehead atoms. The Hall–Kier alpha value is -2.08. The number of guanidine groups is 2. The molecule has 5 nitrogen and oxygen atoms in total. The summed E-state index contributed by atoms with van der Waals surface area (Å²) in [7, 11) is 0. The van der Waals surface area contributed by atoms with Gasteiger partial charge in [0.15, 0.2) is 5.96 Å². The zero-order valence-corrected chi connectivity index (χ0v) is 11.5. The van der Waals surface area contributed by atoms with E-state index in [-0.39, 0.29) is 17.7 Å². The number of halogens is 2. The first-order valence-corrected chi connectivity index (χ1v) is 6.42. The lowest BCUT2D eigenvalue weighted by molar-refractivity contribution is 0.615. The molecule has 1 aliphatic carbocycles. The van der Waals surface area contributed by atoms with Crippen LogP contribution in [0.25, 0.3) is 5.57 Å². The molecule has 7 heteroatoms. The minimum atomic E-state index is -0.276. The van der Waals surface area contributed by atoms with E-state index in [2.05, 4.69) is 9.98 Å². The first kappa shape index (κ1) is 14.3. The van der Waals surface area contributed by atoms with Gasteiger partial charge in [0.1, 0.15) is 5.82 Å². The van der Waals surface area contributed by atoms with E-state index in [0.29, 0.717) is 30.0 Å². The van der Waals surface area contributed by atoms with Gasteiger partial charge < -0.3 is 17.2 Å². The van der Waals surface area contributed by atoms with Gasteiger partial charge in [0, 0.05) is 11.6 Å². The van der Waals surface area contributed by atoms with Crippen LogP contribution in [-0.4, -0.2) is 18.5 Å². The predicted octanol–water partition coefficient (Wildman–Crippen LogP) is 1.40. The molecule has 20 heavy (non-hydrogen) atoms. The SMILES string of the molecule is NC(N)=NC(N)=NCCC1=CCc2c(F)cc(Cl)cc21. The maximum Gasteiger partial charge on any atom is 0.218 e. The van der Waals surface area contributed by atoms with Gasteiger partial charge in [-0.25, -0.2) is 4.39 Å². The molecular weight excluding hydrogens is 281 g/mol. The van der Waals surface area contributed by atoms with Gasteiger partial charge in [0.05, 0.1) is 0 Å². The van der Waals surface area contributed by atoms with E-state index in [1.54, 1.807) is 6.07 Å². The van der Waals surface area contributed by atoms with Gasteiger partial charge >= 0.3 is 0 Å². The largest absolute Gasteiger partial charge is 0.370 e.